The molecule has 4 aromatic rings. The average molecular weight is 597 g/mol. The van der Waals surface area contributed by atoms with E-state index in [9.17, 15) is 10.2 Å². The number of azo groups is 2. The van der Waals surface area contributed by atoms with E-state index in [0.717, 1.165) is 73.0 Å². The fraction of sp³-hybridized carbons (Fsp3) is 0.353. The quantitative estimate of drug-likeness (QED) is 0.0859. The monoisotopic (exact) mass is 596 g/mol. The Morgan fingerprint density at radius 3 is 1.86 bits per heavy atom. The number of anilines is 2. The SMILES string of the molecule is CN(C)c1ccc(N=Nc2ccc[n+](CCCCCC[n+]3ccccc3N=Nc3ccc(N(CCO)CCO)cc3)c2)cc1. The fourth-order valence-electron chi connectivity index (χ4n) is 4.77. The molecule has 0 aliphatic heterocycles. The number of rotatable bonds is 17. The smallest absolute Gasteiger partial charge is 0.350 e. The third-order valence-electron chi connectivity index (χ3n) is 7.19. The van der Waals surface area contributed by atoms with Gasteiger partial charge in [0.1, 0.15) is 17.9 Å². The van der Waals surface area contributed by atoms with Crippen molar-refractivity contribution < 1.29 is 19.3 Å². The van der Waals surface area contributed by atoms with Crippen LogP contribution >= 0.6 is 0 Å². The van der Waals surface area contributed by atoms with Crippen molar-refractivity contribution >= 4 is 34.3 Å². The molecule has 2 N–H and O–H groups in total. The lowest BCUT2D eigenvalue weighted by Crippen LogP contribution is -2.33. The lowest BCUT2D eigenvalue weighted by atomic mass is 10.2. The summed E-state index contributed by atoms with van der Waals surface area (Å²) in [4.78, 5) is 3.99. The number of aromatic nitrogens is 2. The molecular weight excluding hydrogens is 552 g/mol. The Morgan fingerprint density at radius 1 is 0.591 bits per heavy atom. The van der Waals surface area contributed by atoms with Gasteiger partial charge in [-0.25, -0.2) is 9.13 Å². The molecule has 0 spiro atoms. The number of pyridine rings is 2. The van der Waals surface area contributed by atoms with Crippen LogP contribution in [-0.4, -0.2) is 50.6 Å². The van der Waals surface area contributed by atoms with E-state index in [-0.39, 0.29) is 13.2 Å². The van der Waals surface area contributed by atoms with Gasteiger partial charge in [0, 0.05) is 57.1 Å². The van der Waals surface area contributed by atoms with E-state index in [2.05, 4.69) is 40.7 Å². The fourth-order valence-corrected chi connectivity index (χ4v) is 4.77. The Kier molecular flexibility index (Phi) is 12.9. The van der Waals surface area contributed by atoms with Crippen molar-refractivity contribution in [1.29, 1.82) is 0 Å². The number of aliphatic hydroxyl groups is 2. The molecule has 10 nitrogen and oxygen atoms in total. The summed E-state index contributed by atoms with van der Waals surface area (Å²) in [6.45, 7) is 2.82. The molecule has 4 rings (SSSR count). The van der Waals surface area contributed by atoms with Gasteiger partial charge in [0.2, 0.25) is 0 Å². The van der Waals surface area contributed by atoms with Gasteiger partial charge in [0.05, 0.1) is 36.8 Å². The second-order valence-corrected chi connectivity index (χ2v) is 10.7. The van der Waals surface area contributed by atoms with Crippen LogP contribution in [0, 0.1) is 0 Å². The normalized spacial score (nSPS) is 11.5. The van der Waals surface area contributed by atoms with E-state index in [1.54, 1.807) is 0 Å². The molecular formula is C34H44N8O2+2. The third-order valence-corrected chi connectivity index (χ3v) is 7.19. The summed E-state index contributed by atoms with van der Waals surface area (Å²) in [6.07, 6.45) is 10.6. The van der Waals surface area contributed by atoms with Crippen molar-refractivity contribution in [3.8, 4) is 0 Å². The first-order valence-electron chi connectivity index (χ1n) is 15.2. The molecule has 2 heterocycles. The summed E-state index contributed by atoms with van der Waals surface area (Å²) in [6, 6.07) is 25.6. The van der Waals surface area contributed by atoms with Crippen LogP contribution in [0.25, 0.3) is 0 Å². The number of unbranched alkanes of at least 4 members (excludes halogenated alkanes) is 3. The minimum absolute atomic E-state index is 0.0316. The number of hydrogen-bond donors (Lipinski definition) is 2. The van der Waals surface area contributed by atoms with Crippen molar-refractivity contribution in [3.63, 3.8) is 0 Å². The summed E-state index contributed by atoms with van der Waals surface area (Å²) in [5.74, 6) is 0.814. The Hall–Kier alpha value is -4.54. The minimum atomic E-state index is 0.0316. The maximum atomic E-state index is 9.27. The maximum Gasteiger partial charge on any atom is 0.350 e. The Balaban J connectivity index is 1.21. The van der Waals surface area contributed by atoms with Crippen LogP contribution in [0.4, 0.5) is 34.3 Å². The van der Waals surface area contributed by atoms with Crippen molar-refractivity contribution in [2.75, 3.05) is 50.2 Å². The zero-order valence-electron chi connectivity index (χ0n) is 25.8. The first-order valence-corrected chi connectivity index (χ1v) is 15.2. The zero-order valence-corrected chi connectivity index (χ0v) is 25.8. The Morgan fingerprint density at radius 2 is 1.20 bits per heavy atom. The summed E-state index contributed by atoms with van der Waals surface area (Å²) in [7, 11) is 4.04. The van der Waals surface area contributed by atoms with Gasteiger partial charge in [-0.15, -0.1) is 5.11 Å². The van der Waals surface area contributed by atoms with Crippen LogP contribution in [0.15, 0.2) is 118 Å². The highest BCUT2D eigenvalue weighted by atomic mass is 16.3. The molecule has 10 heteroatoms. The predicted octanol–water partition coefficient (Wildman–Crippen LogP) is 6.21. The molecule has 0 fully saturated rings. The average Bonchev–Trinajstić information content (AvgIpc) is 3.05. The molecule has 0 aliphatic carbocycles. The zero-order chi connectivity index (χ0) is 31.0. The predicted molar refractivity (Wildman–Crippen MR) is 174 cm³/mol. The molecule has 0 aliphatic rings. The number of aliphatic hydroxyl groups excluding tert-OH is 2. The van der Waals surface area contributed by atoms with Crippen LogP contribution in [0.5, 0.6) is 0 Å². The molecule has 0 saturated carbocycles. The van der Waals surface area contributed by atoms with Gasteiger partial charge in [-0.1, -0.05) is 6.07 Å². The standard InChI is InChI=1S/C34H44N8O2/c1-39(2)32-16-12-29(13-17-32)35-37-31-10-9-21-40(28-31)20-6-3-4-7-22-42-23-8-5-11-34(42)38-36-30-14-18-33(19-15-30)41(24-26-43)25-27-44/h5,8-19,21,23,28,43-44H,3-4,6-7,20,22,24-27H2,1-2H3/q+2. The first kappa shape index (κ1) is 32.4. The minimum Gasteiger partial charge on any atom is -0.395 e. The summed E-state index contributed by atoms with van der Waals surface area (Å²) in [5, 5.41) is 36.3. The number of aryl methyl sites for hydroxylation is 2. The second kappa shape index (κ2) is 17.5. The Labute approximate surface area is 260 Å². The van der Waals surface area contributed by atoms with Gasteiger partial charge in [-0.3, -0.25) is 0 Å². The van der Waals surface area contributed by atoms with Gasteiger partial charge in [-0.2, -0.15) is 5.11 Å². The molecule has 0 radical (unpaired) electrons. The van der Waals surface area contributed by atoms with E-state index >= 15 is 0 Å². The van der Waals surface area contributed by atoms with Gasteiger partial charge >= 0.3 is 5.82 Å². The van der Waals surface area contributed by atoms with E-state index in [1.807, 2.05) is 110 Å². The molecule has 2 aromatic carbocycles. The molecule has 0 atom stereocenters. The van der Waals surface area contributed by atoms with Crippen LogP contribution in [0.1, 0.15) is 25.7 Å². The van der Waals surface area contributed by atoms with Crippen LogP contribution in [-0.2, 0) is 13.1 Å². The first-order chi connectivity index (χ1) is 21.6. The van der Waals surface area contributed by atoms with Crippen molar-refractivity contribution in [2.24, 2.45) is 20.5 Å². The van der Waals surface area contributed by atoms with Crippen molar-refractivity contribution in [1.82, 2.24) is 0 Å². The maximum absolute atomic E-state index is 9.27. The van der Waals surface area contributed by atoms with Gasteiger partial charge < -0.3 is 20.0 Å². The van der Waals surface area contributed by atoms with Gasteiger partial charge in [0.25, 0.3) is 0 Å². The molecule has 0 bridgehead atoms. The molecule has 0 saturated heterocycles. The molecule has 230 valence electrons. The number of nitrogens with zero attached hydrogens (tertiary/aromatic N) is 8. The lowest BCUT2D eigenvalue weighted by molar-refractivity contribution is -0.697. The van der Waals surface area contributed by atoms with E-state index in [4.69, 9.17) is 0 Å². The lowest BCUT2D eigenvalue weighted by Gasteiger charge is -2.22. The third kappa shape index (κ3) is 10.3. The van der Waals surface area contributed by atoms with Crippen LogP contribution in [0.2, 0.25) is 0 Å². The van der Waals surface area contributed by atoms with Gasteiger partial charge in [-0.05, 0) is 85.0 Å². The number of hydrogen-bond acceptors (Lipinski definition) is 8. The van der Waals surface area contributed by atoms with E-state index in [0.29, 0.717) is 13.1 Å². The van der Waals surface area contributed by atoms with E-state index < -0.39 is 0 Å². The van der Waals surface area contributed by atoms with Crippen molar-refractivity contribution in [3.05, 3.63) is 97.5 Å². The highest BCUT2D eigenvalue weighted by molar-refractivity contribution is 5.53. The van der Waals surface area contributed by atoms with Gasteiger partial charge in [0.15, 0.2) is 12.4 Å². The van der Waals surface area contributed by atoms with E-state index in [1.165, 1.54) is 0 Å². The molecule has 0 unspecified atom stereocenters. The largest absolute Gasteiger partial charge is 0.395 e. The highest BCUT2D eigenvalue weighted by Gasteiger charge is 2.10. The summed E-state index contributed by atoms with van der Waals surface area (Å²) < 4.78 is 4.32. The molecule has 44 heavy (non-hydrogen) atoms. The van der Waals surface area contributed by atoms with Crippen molar-refractivity contribution in [2.45, 2.75) is 38.8 Å². The summed E-state index contributed by atoms with van der Waals surface area (Å²) >= 11 is 0. The van der Waals surface area contributed by atoms with Crippen LogP contribution < -0.4 is 18.9 Å². The topological polar surface area (TPSA) is 104 Å². The highest BCUT2D eigenvalue weighted by Crippen LogP contribution is 2.22. The van der Waals surface area contributed by atoms with Crippen LogP contribution in [0.3, 0.4) is 0 Å². The molecule has 2 aromatic heterocycles. The Bertz CT molecular complexity index is 1470. The second-order valence-electron chi connectivity index (χ2n) is 10.7. The number of benzene rings is 2. The molecule has 0 amide bonds. The summed E-state index contributed by atoms with van der Waals surface area (Å²) in [5.41, 5.74) is 4.49.